The Morgan fingerprint density at radius 3 is 2.12 bits per heavy atom. The smallest absolute Gasteiger partial charge is 0.410 e. The van der Waals surface area contributed by atoms with Crippen LogP contribution in [-0.2, 0) is 15.9 Å². The molecule has 181 valence electrons. The van der Waals surface area contributed by atoms with Crippen molar-refractivity contribution in [2.45, 2.75) is 45.8 Å². The highest BCUT2D eigenvalue weighted by molar-refractivity contribution is 6.23. The van der Waals surface area contributed by atoms with E-state index in [1.807, 2.05) is 20.8 Å². The van der Waals surface area contributed by atoms with Crippen LogP contribution in [0.5, 0.6) is 0 Å². The minimum atomic E-state index is -0.509. The van der Waals surface area contributed by atoms with Crippen molar-refractivity contribution >= 4 is 35.3 Å². The van der Waals surface area contributed by atoms with Gasteiger partial charge in [-0.25, -0.2) is 4.79 Å². The van der Waals surface area contributed by atoms with Gasteiger partial charge < -0.3 is 24.8 Å². The van der Waals surface area contributed by atoms with Gasteiger partial charge in [0.15, 0.2) is 0 Å². The van der Waals surface area contributed by atoms with Crippen LogP contribution in [0.4, 0.5) is 4.79 Å². The number of nitrogens with one attached hydrogen (secondary N) is 2. The minimum Gasteiger partial charge on any atom is -0.444 e. The molecule has 1 radical (unpaired) electrons. The molecular formula is C27H37BN3O3. The molecule has 0 saturated carbocycles. The second kappa shape index (κ2) is 12.7. The summed E-state index contributed by atoms with van der Waals surface area (Å²) in [6.07, 6.45) is 1.40. The van der Waals surface area contributed by atoms with Crippen LogP contribution in [0, 0.1) is 0 Å². The number of rotatable bonds is 12. The molecule has 0 aliphatic rings. The molecule has 0 heterocycles. The lowest BCUT2D eigenvalue weighted by atomic mass is 9.97. The monoisotopic (exact) mass is 462 g/mol. The summed E-state index contributed by atoms with van der Waals surface area (Å²) in [5.41, 5.74) is 0.809. The molecule has 0 aliphatic carbocycles. The number of fused-ring (bicyclic) bond motifs is 2. The van der Waals surface area contributed by atoms with E-state index in [2.05, 4.69) is 65.1 Å². The zero-order valence-corrected chi connectivity index (χ0v) is 20.9. The molecule has 0 fully saturated rings. The Hall–Kier alpha value is -2.61. The van der Waals surface area contributed by atoms with E-state index in [0.717, 1.165) is 32.5 Å². The Labute approximate surface area is 204 Å². The van der Waals surface area contributed by atoms with E-state index in [1.54, 1.807) is 19.6 Å². The molecule has 0 spiro atoms. The van der Waals surface area contributed by atoms with Crippen molar-refractivity contribution in [2.24, 2.45) is 0 Å². The van der Waals surface area contributed by atoms with Crippen LogP contribution in [0.1, 0.15) is 39.2 Å². The Morgan fingerprint density at radius 1 is 0.941 bits per heavy atom. The number of hydrogen-bond acceptors (Lipinski definition) is 5. The maximum Gasteiger partial charge on any atom is 0.410 e. The molecule has 34 heavy (non-hydrogen) atoms. The number of carbonyl (C=O) groups is 1. The summed E-state index contributed by atoms with van der Waals surface area (Å²) >= 11 is 0. The number of amides is 1. The van der Waals surface area contributed by atoms with E-state index >= 15 is 0 Å². The second-order valence-electron chi connectivity index (χ2n) is 9.46. The molecule has 0 saturated heterocycles. The molecule has 3 aromatic rings. The van der Waals surface area contributed by atoms with Gasteiger partial charge >= 0.3 is 13.7 Å². The maximum absolute atomic E-state index is 12.7. The summed E-state index contributed by atoms with van der Waals surface area (Å²) in [4.78, 5) is 14.5. The van der Waals surface area contributed by atoms with Crippen molar-refractivity contribution in [1.29, 1.82) is 0 Å². The van der Waals surface area contributed by atoms with Gasteiger partial charge in [-0.1, -0.05) is 48.5 Å². The number of carbonyl (C=O) groups excluding carboxylic acids is 1. The third-order valence-electron chi connectivity index (χ3n) is 5.57. The van der Waals surface area contributed by atoms with Crippen LogP contribution in [0.3, 0.4) is 0 Å². The quantitative estimate of drug-likeness (QED) is 0.229. The molecule has 0 unspecified atom stereocenters. The summed E-state index contributed by atoms with van der Waals surface area (Å²) in [6.45, 7) is 9.30. The average molecular weight is 462 g/mol. The van der Waals surface area contributed by atoms with Crippen molar-refractivity contribution in [2.75, 3.05) is 33.3 Å². The van der Waals surface area contributed by atoms with Crippen molar-refractivity contribution in [3.8, 4) is 0 Å². The predicted octanol–water partition coefficient (Wildman–Crippen LogP) is 4.87. The molecule has 0 bridgehead atoms. The Bertz CT molecular complexity index is 1010. The summed E-state index contributed by atoms with van der Waals surface area (Å²) in [6, 6.07) is 19.3. The van der Waals surface area contributed by atoms with Gasteiger partial charge in [-0.05, 0) is 79.9 Å². The van der Waals surface area contributed by atoms with Crippen LogP contribution in [0.15, 0.2) is 54.6 Å². The van der Waals surface area contributed by atoms with Gasteiger partial charge in [-0.3, -0.25) is 0 Å². The Kier molecular flexibility index (Phi) is 9.75. The summed E-state index contributed by atoms with van der Waals surface area (Å²) in [5.74, 6) is 0. The third kappa shape index (κ3) is 7.72. The highest BCUT2D eigenvalue weighted by Gasteiger charge is 2.21. The predicted molar refractivity (Wildman–Crippen MR) is 141 cm³/mol. The lowest BCUT2D eigenvalue weighted by molar-refractivity contribution is 0.0246. The van der Waals surface area contributed by atoms with Crippen LogP contribution < -0.4 is 10.5 Å². The van der Waals surface area contributed by atoms with Crippen LogP contribution in [0.25, 0.3) is 21.5 Å². The zero-order valence-electron chi connectivity index (χ0n) is 20.9. The molecule has 0 aromatic heterocycles. The lowest BCUT2D eigenvalue weighted by Crippen LogP contribution is -2.39. The number of ether oxygens (including phenoxy) is 1. The zero-order chi connectivity index (χ0) is 24.4. The largest absolute Gasteiger partial charge is 0.444 e. The van der Waals surface area contributed by atoms with Crippen molar-refractivity contribution in [3.05, 3.63) is 60.2 Å². The highest BCUT2D eigenvalue weighted by Crippen LogP contribution is 2.28. The van der Waals surface area contributed by atoms with Gasteiger partial charge in [0.1, 0.15) is 5.60 Å². The Morgan fingerprint density at radius 2 is 1.53 bits per heavy atom. The molecular weight excluding hydrogens is 425 g/mol. The van der Waals surface area contributed by atoms with E-state index in [0.29, 0.717) is 13.1 Å². The second-order valence-corrected chi connectivity index (χ2v) is 9.46. The van der Waals surface area contributed by atoms with Crippen molar-refractivity contribution < 1.29 is 14.2 Å². The van der Waals surface area contributed by atoms with Gasteiger partial charge in [-0.2, -0.15) is 0 Å². The van der Waals surface area contributed by atoms with Gasteiger partial charge in [0.05, 0.1) is 0 Å². The molecule has 6 nitrogen and oxygen atoms in total. The summed E-state index contributed by atoms with van der Waals surface area (Å²) < 4.78 is 10.5. The fourth-order valence-electron chi connectivity index (χ4n) is 4.04. The molecule has 3 aromatic carbocycles. The average Bonchev–Trinajstić information content (AvgIpc) is 2.80. The first-order valence-corrected chi connectivity index (χ1v) is 12.0. The third-order valence-corrected chi connectivity index (χ3v) is 5.57. The first kappa shape index (κ1) is 26.0. The van der Waals surface area contributed by atoms with Gasteiger partial charge in [0, 0.05) is 26.7 Å². The fourth-order valence-corrected chi connectivity index (χ4v) is 4.04. The number of nitrogens with zero attached hydrogens (tertiary/aromatic N) is 1. The Balaban J connectivity index is 1.57. The van der Waals surface area contributed by atoms with Crippen LogP contribution in [-0.4, -0.2) is 57.5 Å². The van der Waals surface area contributed by atoms with E-state index in [9.17, 15) is 4.79 Å². The van der Waals surface area contributed by atoms with Gasteiger partial charge in [0.2, 0.25) is 0 Å². The lowest BCUT2D eigenvalue weighted by Gasteiger charge is -2.27. The molecule has 2 N–H and O–H groups in total. The molecule has 3 rings (SSSR count). The van der Waals surface area contributed by atoms with Crippen LogP contribution in [0.2, 0.25) is 0 Å². The van der Waals surface area contributed by atoms with Gasteiger partial charge in [0.25, 0.3) is 0 Å². The van der Waals surface area contributed by atoms with Crippen molar-refractivity contribution in [3.63, 3.8) is 0 Å². The molecule has 1 amide bonds. The standard InChI is InChI=1S/C27H37BN3O3/c1-27(2,3)34-26(32)31(18-10-16-30-28-33-4)17-9-15-29-20-25-23-13-7-5-11-21(23)19-22-12-6-8-14-24(22)25/h5-8,11-14,19,29-30H,9-10,15-18,20H2,1-4H3. The van der Waals surface area contributed by atoms with E-state index < -0.39 is 5.60 Å². The number of hydrogen-bond donors (Lipinski definition) is 2. The van der Waals surface area contributed by atoms with Crippen LogP contribution >= 0.6 is 0 Å². The SMILES string of the molecule is CO[B]NCCCN(CCCNCc1c2ccccc2cc2ccccc12)C(=O)OC(C)(C)C. The topological polar surface area (TPSA) is 62.8 Å². The van der Waals surface area contributed by atoms with Crippen molar-refractivity contribution in [1.82, 2.24) is 15.4 Å². The first-order valence-electron chi connectivity index (χ1n) is 12.0. The van der Waals surface area contributed by atoms with E-state index in [-0.39, 0.29) is 6.09 Å². The summed E-state index contributed by atoms with van der Waals surface area (Å²) in [7, 11) is 3.16. The minimum absolute atomic E-state index is 0.261. The van der Waals surface area contributed by atoms with E-state index in [1.165, 1.54) is 27.1 Å². The maximum atomic E-state index is 12.7. The molecule has 7 heteroatoms. The normalized spacial score (nSPS) is 11.6. The van der Waals surface area contributed by atoms with E-state index in [4.69, 9.17) is 9.39 Å². The molecule has 0 aliphatic heterocycles. The number of benzene rings is 3. The molecule has 0 atom stereocenters. The van der Waals surface area contributed by atoms with Gasteiger partial charge in [-0.15, -0.1) is 0 Å². The highest BCUT2D eigenvalue weighted by atomic mass is 16.6. The fraction of sp³-hybridized carbons (Fsp3) is 0.444. The summed E-state index contributed by atoms with van der Waals surface area (Å²) in [5, 5.41) is 11.7. The first-order chi connectivity index (χ1) is 16.4.